The number of urea groups is 1. The monoisotopic (exact) mass is 271 g/mol. The molecule has 1 aliphatic rings. The number of nitrogens with one attached hydrogen (secondary N) is 3. The summed E-state index contributed by atoms with van der Waals surface area (Å²) in [5.41, 5.74) is 0. The lowest BCUT2D eigenvalue weighted by Crippen LogP contribution is -2.47. The number of carbonyl (C=O) groups is 2. The molecule has 6 heteroatoms. The number of aliphatic carboxylic acids is 1. The molecule has 0 radical (unpaired) electrons. The van der Waals surface area contributed by atoms with Gasteiger partial charge in [0.2, 0.25) is 0 Å². The van der Waals surface area contributed by atoms with Gasteiger partial charge in [0, 0.05) is 12.6 Å². The highest BCUT2D eigenvalue weighted by molar-refractivity contribution is 5.82. The molecule has 0 aliphatic heterocycles. The highest BCUT2D eigenvalue weighted by Gasteiger charge is 2.21. The maximum Gasteiger partial charge on any atom is 0.326 e. The molecule has 19 heavy (non-hydrogen) atoms. The summed E-state index contributed by atoms with van der Waals surface area (Å²) < 4.78 is 0. The van der Waals surface area contributed by atoms with E-state index in [9.17, 15) is 9.59 Å². The van der Waals surface area contributed by atoms with Gasteiger partial charge in [0.05, 0.1) is 0 Å². The van der Waals surface area contributed by atoms with Crippen molar-refractivity contribution in [3.8, 4) is 0 Å². The number of amides is 2. The predicted molar refractivity (Wildman–Crippen MR) is 73.1 cm³/mol. The molecule has 1 aliphatic carbocycles. The van der Waals surface area contributed by atoms with Crippen molar-refractivity contribution in [3.05, 3.63) is 0 Å². The molecule has 0 spiro atoms. The Balaban J connectivity index is 2.10. The van der Waals surface area contributed by atoms with Gasteiger partial charge in [0.15, 0.2) is 0 Å². The minimum Gasteiger partial charge on any atom is -0.480 e. The number of hydrogen-bond acceptors (Lipinski definition) is 3. The van der Waals surface area contributed by atoms with E-state index in [0.29, 0.717) is 19.0 Å². The molecule has 0 aromatic carbocycles. The fourth-order valence-electron chi connectivity index (χ4n) is 1.79. The van der Waals surface area contributed by atoms with Crippen molar-refractivity contribution in [1.82, 2.24) is 16.0 Å². The van der Waals surface area contributed by atoms with Crippen LogP contribution in [-0.2, 0) is 4.79 Å². The summed E-state index contributed by atoms with van der Waals surface area (Å²) in [5, 5.41) is 17.5. The Kier molecular flexibility index (Phi) is 6.62. The molecule has 0 aromatic heterocycles. The lowest BCUT2D eigenvalue weighted by molar-refractivity contribution is -0.139. The summed E-state index contributed by atoms with van der Waals surface area (Å²) in [5.74, 6) is -0.761. The summed E-state index contributed by atoms with van der Waals surface area (Å²) in [4.78, 5) is 22.5. The van der Waals surface area contributed by atoms with E-state index in [4.69, 9.17) is 5.11 Å². The zero-order chi connectivity index (χ0) is 14.3. The number of rotatable bonds is 9. The Hall–Kier alpha value is -1.30. The average molecular weight is 271 g/mol. The standard InChI is InChI=1S/C13H25N3O3/c1-9(2)8-11(12(17)18)16-13(19)15-7-3-6-14-10-4-5-10/h9-11,14H,3-8H2,1-2H3,(H,17,18)(H2,15,16,19). The Morgan fingerprint density at radius 2 is 1.95 bits per heavy atom. The van der Waals surface area contributed by atoms with Crippen LogP contribution >= 0.6 is 0 Å². The fraction of sp³-hybridized carbons (Fsp3) is 0.846. The highest BCUT2D eigenvalue weighted by atomic mass is 16.4. The Morgan fingerprint density at radius 3 is 2.47 bits per heavy atom. The molecule has 0 heterocycles. The van der Waals surface area contributed by atoms with Gasteiger partial charge in [0.1, 0.15) is 6.04 Å². The molecule has 0 saturated heterocycles. The largest absolute Gasteiger partial charge is 0.480 e. The van der Waals surface area contributed by atoms with E-state index in [0.717, 1.165) is 13.0 Å². The summed E-state index contributed by atoms with van der Waals surface area (Å²) in [6.07, 6.45) is 3.80. The molecule has 1 rings (SSSR count). The Morgan fingerprint density at radius 1 is 1.26 bits per heavy atom. The number of hydrogen-bond donors (Lipinski definition) is 4. The molecule has 1 fully saturated rings. The molecule has 6 nitrogen and oxygen atoms in total. The second-order valence-corrected chi connectivity index (χ2v) is 5.50. The van der Waals surface area contributed by atoms with E-state index in [1.807, 2.05) is 13.8 Å². The minimum absolute atomic E-state index is 0.226. The van der Waals surface area contributed by atoms with E-state index >= 15 is 0 Å². The first kappa shape index (κ1) is 15.8. The van der Waals surface area contributed by atoms with Crippen LogP contribution in [0, 0.1) is 5.92 Å². The van der Waals surface area contributed by atoms with Gasteiger partial charge in [0.25, 0.3) is 0 Å². The molecule has 1 atom stereocenters. The molecule has 0 bridgehead atoms. The summed E-state index contributed by atoms with van der Waals surface area (Å²) in [7, 11) is 0. The van der Waals surface area contributed by atoms with Crippen LogP contribution in [0.1, 0.15) is 39.5 Å². The van der Waals surface area contributed by atoms with Crippen LogP contribution in [0.2, 0.25) is 0 Å². The zero-order valence-corrected chi connectivity index (χ0v) is 11.7. The number of carboxylic acid groups (broad SMARTS) is 1. The topological polar surface area (TPSA) is 90.5 Å². The van der Waals surface area contributed by atoms with Crippen molar-refractivity contribution in [2.45, 2.75) is 51.6 Å². The van der Waals surface area contributed by atoms with Gasteiger partial charge >= 0.3 is 12.0 Å². The van der Waals surface area contributed by atoms with E-state index in [2.05, 4.69) is 16.0 Å². The van der Waals surface area contributed by atoms with Crippen molar-refractivity contribution in [1.29, 1.82) is 0 Å². The number of carboxylic acids is 1. The van der Waals surface area contributed by atoms with Crippen molar-refractivity contribution < 1.29 is 14.7 Å². The normalized spacial score (nSPS) is 16.2. The summed E-state index contributed by atoms with van der Waals surface area (Å²) in [6, 6.07) is -0.541. The summed E-state index contributed by atoms with van der Waals surface area (Å²) in [6.45, 7) is 5.30. The molecular formula is C13H25N3O3. The van der Waals surface area contributed by atoms with Crippen LogP contribution in [0.25, 0.3) is 0 Å². The molecular weight excluding hydrogens is 246 g/mol. The highest BCUT2D eigenvalue weighted by Crippen LogP contribution is 2.18. The molecule has 110 valence electrons. The van der Waals surface area contributed by atoms with E-state index < -0.39 is 18.0 Å². The van der Waals surface area contributed by atoms with Gasteiger partial charge in [-0.25, -0.2) is 9.59 Å². The van der Waals surface area contributed by atoms with E-state index in [1.165, 1.54) is 12.8 Å². The molecule has 0 aromatic rings. The molecule has 1 unspecified atom stereocenters. The zero-order valence-electron chi connectivity index (χ0n) is 11.7. The number of carbonyl (C=O) groups excluding carboxylic acids is 1. The molecule has 2 amide bonds. The first-order valence-corrected chi connectivity index (χ1v) is 6.99. The predicted octanol–water partition coefficient (Wildman–Crippen LogP) is 0.927. The van der Waals surface area contributed by atoms with E-state index in [-0.39, 0.29) is 5.92 Å². The van der Waals surface area contributed by atoms with Crippen molar-refractivity contribution >= 4 is 12.0 Å². The third-order valence-corrected chi connectivity index (χ3v) is 2.96. The smallest absolute Gasteiger partial charge is 0.326 e. The molecule has 1 saturated carbocycles. The minimum atomic E-state index is -0.987. The maximum atomic E-state index is 11.5. The second kappa shape index (κ2) is 7.99. The van der Waals surface area contributed by atoms with Crippen LogP contribution in [0.4, 0.5) is 4.79 Å². The third kappa shape index (κ3) is 7.66. The first-order chi connectivity index (χ1) is 8.99. The van der Waals surface area contributed by atoms with Crippen molar-refractivity contribution in [2.75, 3.05) is 13.1 Å². The van der Waals surface area contributed by atoms with Crippen LogP contribution in [0.15, 0.2) is 0 Å². The van der Waals surface area contributed by atoms with Gasteiger partial charge in [-0.2, -0.15) is 0 Å². The first-order valence-electron chi connectivity index (χ1n) is 6.99. The van der Waals surface area contributed by atoms with Gasteiger partial charge in [-0.3, -0.25) is 0 Å². The van der Waals surface area contributed by atoms with Crippen molar-refractivity contribution in [3.63, 3.8) is 0 Å². The third-order valence-electron chi connectivity index (χ3n) is 2.96. The lowest BCUT2D eigenvalue weighted by atomic mass is 10.0. The lowest BCUT2D eigenvalue weighted by Gasteiger charge is -2.16. The van der Waals surface area contributed by atoms with Gasteiger partial charge < -0.3 is 21.1 Å². The van der Waals surface area contributed by atoms with Gasteiger partial charge in [-0.15, -0.1) is 0 Å². The van der Waals surface area contributed by atoms with E-state index in [1.54, 1.807) is 0 Å². The molecule has 4 N–H and O–H groups in total. The maximum absolute atomic E-state index is 11.5. The van der Waals surface area contributed by atoms with Crippen LogP contribution in [-0.4, -0.2) is 42.3 Å². The Bertz CT molecular complexity index is 304. The fourth-order valence-corrected chi connectivity index (χ4v) is 1.79. The van der Waals surface area contributed by atoms with Gasteiger partial charge in [-0.1, -0.05) is 13.8 Å². The quantitative estimate of drug-likeness (QED) is 0.470. The Labute approximate surface area is 114 Å². The van der Waals surface area contributed by atoms with Gasteiger partial charge in [-0.05, 0) is 38.1 Å². The van der Waals surface area contributed by atoms with Crippen LogP contribution in [0.3, 0.4) is 0 Å². The van der Waals surface area contributed by atoms with Crippen molar-refractivity contribution in [2.24, 2.45) is 5.92 Å². The summed E-state index contributed by atoms with van der Waals surface area (Å²) >= 11 is 0. The average Bonchev–Trinajstić information content (AvgIpc) is 3.11. The van der Waals surface area contributed by atoms with Crippen LogP contribution in [0.5, 0.6) is 0 Å². The van der Waals surface area contributed by atoms with Crippen LogP contribution < -0.4 is 16.0 Å². The SMILES string of the molecule is CC(C)CC(NC(=O)NCCCNC1CC1)C(=O)O. The second-order valence-electron chi connectivity index (χ2n) is 5.50.